The van der Waals surface area contributed by atoms with Crippen molar-refractivity contribution >= 4 is 5.97 Å². The van der Waals surface area contributed by atoms with Gasteiger partial charge >= 0.3 is 5.97 Å². The van der Waals surface area contributed by atoms with Crippen LogP contribution in [0.3, 0.4) is 0 Å². The van der Waals surface area contributed by atoms with E-state index in [-0.39, 0.29) is 23.9 Å². The van der Waals surface area contributed by atoms with Crippen LogP contribution in [0.25, 0.3) is 0 Å². The minimum Gasteiger partial charge on any atom is -0.466 e. The first-order chi connectivity index (χ1) is 9.01. The molecule has 2 atom stereocenters. The maximum absolute atomic E-state index is 11.7. The minimum atomic E-state index is -0.478. The molecule has 0 spiro atoms. The highest BCUT2D eigenvalue weighted by Crippen LogP contribution is 2.44. The van der Waals surface area contributed by atoms with E-state index in [0.717, 1.165) is 38.5 Å². The zero-order valence-corrected chi connectivity index (χ0v) is 12.0. The van der Waals surface area contributed by atoms with Crippen molar-refractivity contribution in [3.05, 3.63) is 10.1 Å². The largest absolute Gasteiger partial charge is 0.466 e. The summed E-state index contributed by atoms with van der Waals surface area (Å²) in [5.74, 6) is 0.231. The molecule has 1 aliphatic carbocycles. The Morgan fingerprint density at radius 3 is 2.79 bits per heavy atom. The quantitative estimate of drug-likeness (QED) is 0.405. The van der Waals surface area contributed by atoms with Gasteiger partial charge in [-0.25, -0.2) is 0 Å². The van der Waals surface area contributed by atoms with Gasteiger partial charge in [0.2, 0.25) is 6.54 Å². The highest BCUT2D eigenvalue weighted by atomic mass is 16.6. The standard InChI is InChI=1S/C14H25NO4/c1-3-6-12-7-5-8-14(9-12,11-15(17)18)10-13(16)19-4-2/h12H,3-11H2,1-2H3/t12-,14+/m1/s1. The minimum absolute atomic E-state index is 0.105. The molecule has 110 valence electrons. The fraction of sp³-hybridized carbons (Fsp3) is 0.929. The molecule has 0 unspecified atom stereocenters. The smallest absolute Gasteiger partial charge is 0.306 e. The van der Waals surface area contributed by atoms with Crippen LogP contribution in [0.2, 0.25) is 0 Å². The van der Waals surface area contributed by atoms with E-state index < -0.39 is 5.41 Å². The lowest BCUT2D eigenvalue weighted by Crippen LogP contribution is -2.37. The van der Waals surface area contributed by atoms with Crippen molar-refractivity contribution in [2.45, 2.75) is 58.8 Å². The van der Waals surface area contributed by atoms with Crippen LogP contribution >= 0.6 is 0 Å². The van der Waals surface area contributed by atoms with E-state index in [1.54, 1.807) is 6.92 Å². The first kappa shape index (κ1) is 15.9. The number of carbonyl (C=O) groups excluding carboxylic acids is 1. The third kappa shape index (κ3) is 5.17. The van der Waals surface area contributed by atoms with Crippen LogP contribution in [-0.4, -0.2) is 24.0 Å². The highest BCUT2D eigenvalue weighted by Gasteiger charge is 2.42. The summed E-state index contributed by atoms with van der Waals surface area (Å²) >= 11 is 0. The third-order valence-corrected chi connectivity index (χ3v) is 4.03. The van der Waals surface area contributed by atoms with Gasteiger partial charge in [-0.1, -0.05) is 32.6 Å². The molecule has 0 N–H and O–H groups in total. The van der Waals surface area contributed by atoms with Gasteiger partial charge in [0.1, 0.15) is 0 Å². The topological polar surface area (TPSA) is 69.4 Å². The Balaban J connectivity index is 2.73. The lowest BCUT2D eigenvalue weighted by Gasteiger charge is -2.37. The predicted molar refractivity (Wildman–Crippen MR) is 72.4 cm³/mol. The predicted octanol–water partition coefficient (Wildman–Crippen LogP) is 3.19. The molecule has 0 amide bonds. The van der Waals surface area contributed by atoms with E-state index in [0.29, 0.717) is 12.5 Å². The van der Waals surface area contributed by atoms with Crippen molar-refractivity contribution in [1.29, 1.82) is 0 Å². The van der Waals surface area contributed by atoms with Gasteiger partial charge in [-0.05, 0) is 25.7 Å². The van der Waals surface area contributed by atoms with E-state index in [9.17, 15) is 14.9 Å². The van der Waals surface area contributed by atoms with Crippen molar-refractivity contribution in [3.63, 3.8) is 0 Å². The van der Waals surface area contributed by atoms with Crippen LogP contribution in [0.15, 0.2) is 0 Å². The Labute approximate surface area is 114 Å². The Bertz CT molecular complexity index is 317. The van der Waals surface area contributed by atoms with E-state index in [4.69, 9.17) is 4.74 Å². The van der Waals surface area contributed by atoms with Gasteiger partial charge in [0.05, 0.1) is 13.0 Å². The first-order valence-electron chi connectivity index (χ1n) is 7.29. The van der Waals surface area contributed by atoms with Crippen LogP contribution in [0.5, 0.6) is 0 Å². The normalized spacial score (nSPS) is 26.9. The molecular weight excluding hydrogens is 246 g/mol. The maximum Gasteiger partial charge on any atom is 0.306 e. The average Bonchev–Trinajstić information content (AvgIpc) is 2.28. The molecule has 0 aliphatic heterocycles. The number of ether oxygens (including phenoxy) is 1. The Hall–Kier alpha value is -1.13. The number of rotatable bonds is 7. The summed E-state index contributed by atoms with van der Waals surface area (Å²) in [5.41, 5.74) is -0.478. The molecule has 5 nitrogen and oxygen atoms in total. The number of nitrogens with zero attached hydrogens (tertiary/aromatic N) is 1. The lowest BCUT2D eigenvalue weighted by atomic mass is 9.67. The van der Waals surface area contributed by atoms with Gasteiger partial charge in [0.15, 0.2) is 0 Å². The summed E-state index contributed by atoms with van der Waals surface area (Å²) in [5, 5.41) is 10.9. The van der Waals surface area contributed by atoms with Crippen LogP contribution in [0.4, 0.5) is 0 Å². The molecule has 0 bridgehead atoms. The van der Waals surface area contributed by atoms with E-state index >= 15 is 0 Å². The van der Waals surface area contributed by atoms with Crippen LogP contribution in [-0.2, 0) is 9.53 Å². The average molecular weight is 271 g/mol. The molecule has 1 saturated carbocycles. The van der Waals surface area contributed by atoms with Crippen molar-refractivity contribution in [3.8, 4) is 0 Å². The number of esters is 1. The molecule has 0 radical (unpaired) electrons. The monoisotopic (exact) mass is 271 g/mol. The molecule has 0 aromatic heterocycles. The lowest BCUT2D eigenvalue weighted by molar-refractivity contribution is -0.499. The number of hydrogen-bond donors (Lipinski definition) is 0. The molecular formula is C14H25NO4. The van der Waals surface area contributed by atoms with Crippen LogP contribution < -0.4 is 0 Å². The van der Waals surface area contributed by atoms with Gasteiger partial charge < -0.3 is 4.74 Å². The van der Waals surface area contributed by atoms with Gasteiger partial charge in [0.25, 0.3) is 0 Å². The van der Waals surface area contributed by atoms with Crippen molar-refractivity contribution in [2.24, 2.45) is 11.3 Å². The van der Waals surface area contributed by atoms with Gasteiger partial charge in [-0.15, -0.1) is 0 Å². The first-order valence-corrected chi connectivity index (χ1v) is 7.29. The molecule has 0 aromatic rings. The molecule has 1 aliphatic rings. The summed E-state index contributed by atoms with van der Waals surface area (Å²) in [4.78, 5) is 22.4. The SMILES string of the molecule is CCC[C@@H]1CCC[C@](CC(=O)OCC)(C[N+](=O)[O-])C1. The van der Waals surface area contributed by atoms with Gasteiger partial charge in [0, 0.05) is 10.3 Å². The van der Waals surface area contributed by atoms with Crippen molar-refractivity contribution in [2.75, 3.05) is 13.2 Å². The fourth-order valence-electron chi connectivity index (χ4n) is 3.39. The molecule has 5 heteroatoms. The van der Waals surface area contributed by atoms with E-state index in [2.05, 4.69) is 6.92 Å². The molecule has 1 fully saturated rings. The maximum atomic E-state index is 11.7. The molecule has 0 heterocycles. The second kappa shape index (κ2) is 7.46. The molecule has 19 heavy (non-hydrogen) atoms. The summed E-state index contributed by atoms with van der Waals surface area (Å²) in [6, 6.07) is 0. The zero-order chi connectivity index (χ0) is 14.3. The highest BCUT2D eigenvalue weighted by molar-refractivity contribution is 5.70. The summed E-state index contributed by atoms with van der Waals surface area (Å²) < 4.78 is 4.98. The van der Waals surface area contributed by atoms with E-state index in [1.807, 2.05) is 0 Å². The Morgan fingerprint density at radius 1 is 1.47 bits per heavy atom. The van der Waals surface area contributed by atoms with E-state index in [1.165, 1.54) is 0 Å². The molecule has 0 saturated heterocycles. The van der Waals surface area contributed by atoms with Crippen LogP contribution in [0.1, 0.15) is 58.8 Å². The Kier molecular flexibility index (Phi) is 6.25. The van der Waals surface area contributed by atoms with Crippen molar-refractivity contribution < 1.29 is 14.5 Å². The van der Waals surface area contributed by atoms with Crippen LogP contribution in [0, 0.1) is 21.4 Å². The number of carbonyl (C=O) groups is 1. The number of hydrogen-bond acceptors (Lipinski definition) is 4. The summed E-state index contributed by atoms with van der Waals surface area (Å²) in [7, 11) is 0. The van der Waals surface area contributed by atoms with Gasteiger partial charge in [-0.2, -0.15) is 0 Å². The number of nitro groups is 1. The second-order valence-electron chi connectivity index (χ2n) is 5.72. The third-order valence-electron chi connectivity index (χ3n) is 4.03. The Morgan fingerprint density at radius 2 is 2.21 bits per heavy atom. The fourth-order valence-corrected chi connectivity index (χ4v) is 3.39. The van der Waals surface area contributed by atoms with Gasteiger partial charge in [-0.3, -0.25) is 14.9 Å². The second-order valence-corrected chi connectivity index (χ2v) is 5.72. The summed E-state index contributed by atoms with van der Waals surface area (Å²) in [6.45, 7) is 4.13. The summed E-state index contributed by atoms with van der Waals surface area (Å²) in [6.07, 6.45) is 6.07. The molecule has 0 aromatic carbocycles. The zero-order valence-electron chi connectivity index (χ0n) is 12.0. The molecule has 1 rings (SSSR count). The van der Waals surface area contributed by atoms with Crippen molar-refractivity contribution in [1.82, 2.24) is 0 Å².